The fourth-order valence-corrected chi connectivity index (χ4v) is 2.90. The highest BCUT2D eigenvalue weighted by Gasteiger charge is 2.17. The first-order chi connectivity index (χ1) is 14.9. The van der Waals surface area contributed by atoms with E-state index in [1.54, 1.807) is 12.1 Å². The Bertz CT molecular complexity index is 1170. The molecule has 0 bridgehead atoms. The van der Waals surface area contributed by atoms with Gasteiger partial charge in [-0.15, -0.1) is 0 Å². The van der Waals surface area contributed by atoms with Crippen molar-refractivity contribution in [3.63, 3.8) is 0 Å². The molecule has 3 aromatic rings. The zero-order valence-corrected chi connectivity index (χ0v) is 16.6. The first kappa shape index (κ1) is 21.4. The number of ether oxygens (including phenoxy) is 1. The van der Waals surface area contributed by atoms with Crippen LogP contribution >= 0.6 is 0 Å². The summed E-state index contributed by atoms with van der Waals surface area (Å²) >= 11 is 0. The number of carbonyl (C=O) groups is 2. The van der Waals surface area contributed by atoms with Gasteiger partial charge < -0.3 is 10.6 Å². The van der Waals surface area contributed by atoms with Crippen LogP contribution in [0.4, 0.5) is 5.69 Å². The molecule has 156 valence electrons. The summed E-state index contributed by atoms with van der Waals surface area (Å²) in [6.07, 6.45) is 0.119. The molecule has 0 atom stereocenters. The number of aryl methyl sites for hydroxylation is 1. The zero-order valence-electron chi connectivity index (χ0n) is 16.6. The van der Waals surface area contributed by atoms with E-state index in [1.165, 1.54) is 30.3 Å². The van der Waals surface area contributed by atoms with Crippen LogP contribution in [0, 0.1) is 17.0 Å². The van der Waals surface area contributed by atoms with Gasteiger partial charge in [0.05, 0.1) is 10.5 Å². The van der Waals surface area contributed by atoms with E-state index in [-0.39, 0.29) is 34.9 Å². The van der Waals surface area contributed by atoms with Gasteiger partial charge in [0.25, 0.3) is 5.69 Å². The molecular formula is C23H19N3O5. The molecule has 31 heavy (non-hydrogen) atoms. The summed E-state index contributed by atoms with van der Waals surface area (Å²) in [5, 5.41) is 14.5. The van der Waals surface area contributed by atoms with Crippen LogP contribution in [0.25, 0.3) is 0 Å². The Kier molecular flexibility index (Phi) is 6.51. The molecule has 3 rings (SSSR count). The van der Waals surface area contributed by atoms with E-state index in [2.05, 4.69) is 5.10 Å². The fraction of sp³-hybridized carbons (Fsp3) is 0.0870. The maximum Gasteiger partial charge on any atom is 0.343 e. The molecule has 2 N–H and O–H groups in total. The lowest BCUT2D eigenvalue weighted by atomic mass is 10.00. The molecule has 0 saturated heterocycles. The largest absolute Gasteiger partial charge is 0.423 e. The van der Waals surface area contributed by atoms with E-state index < -0.39 is 10.9 Å². The van der Waals surface area contributed by atoms with Gasteiger partial charge in [-0.1, -0.05) is 48.0 Å². The third-order valence-corrected chi connectivity index (χ3v) is 4.49. The summed E-state index contributed by atoms with van der Waals surface area (Å²) in [5.74, 6) is 4.57. The van der Waals surface area contributed by atoms with Crippen molar-refractivity contribution in [1.82, 2.24) is 0 Å². The van der Waals surface area contributed by atoms with Gasteiger partial charge in [-0.2, -0.15) is 5.10 Å². The minimum atomic E-state index is -0.766. The number of ketones is 1. The van der Waals surface area contributed by atoms with Crippen LogP contribution in [0.3, 0.4) is 0 Å². The Morgan fingerprint density at radius 2 is 1.68 bits per heavy atom. The number of hydrogen-bond acceptors (Lipinski definition) is 7. The minimum absolute atomic E-state index is 0.0303. The molecule has 0 radical (unpaired) electrons. The second-order valence-corrected chi connectivity index (χ2v) is 6.79. The van der Waals surface area contributed by atoms with Gasteiger partial charge in [-0.3, -0.25) is 14.9 Å². The van der Waals surface area contributed by atoms with Crippen LogP contribution in [0.1, 0.15) is 27.0 Å². The quantitative estimate of drug-likeness (QED) is 0.156. The average molecular weight is 417 g/mol. The van der Waals surface area contributed by atoms with Crippen molar-refractivity contribution >= 4 is 23.2 Å². The molecule has 8 nitrogen and oxygen atoms in total. The number of rotatable bonds is 7. The van der Waals surface area contributed by atoms with E-state index in [0.717, 1.165) is 17.2 Å². The predicted octanol–water partition coefficient (Wildman–Crippen LogP) is 3.60. The van der Waals surface area contributed by atoms with Gasteiger partial charge in [0.15, 0.2) is 5.78 Å². The minimum Gasteiger partial charge on any atom is -0.423 e. The van der Waals surface area contributed by atoms with E-state index >= 15 is 0 Å². The van der Waals surface area contributed by atoms with Crippen LogP contribution in [0.5, 0.6) is 5.75 Å². The van der Waals surface area contributed by atoms with Gasteiger partial charge in [0, 0.05) is 24.1 Å². The Morgan fingerprint density at radius 3 is 2.35 bits per heavy atom. The van der Waals surface area contributed by atoms with E-state index in [9.17, 15) is 19.7 Å². The maximum atomic E-state index is 12.7. The first-order valence-electron chi connectivity index (χ1n) is 9.31. The molecule has 0 saturated carbocycles. The van der Waals surface area contributed by atoms with E-state index in [0.29, 0.717) is 5.56 Å². The molecule has 0 aliphatic heterocycles. The predicted molar refractivity (Wildman–Crippen MR) is 115 cm³/mol. The molecule has 8 heteroatoms. The molecule has 0 aliphatic carbocycles. The molecule has 0 spiro atoms. The Morgan fingerprint density at radius 1 is 1.00 bits per heavy atom. The summed E-state index contributed by atoms with van der Waals surface area (Å²) in [5.41, 5.74) is 2.16. The normalized spacial score (nSPS) is 11.1. The number of nitro groups is 1. The molecular weight excluding hydrogens is 398 g/mol. The van der Waals surface area contributed by atoms with Crippen molar-refractivity contribution in [2.75, 3.05) is 0 Å². The van der Waals surface area contributed by atoms with Crippen molar-refractivity contribution < 1.29 is 19.2 Å². The molecule has 0 heterocycles. The number of nitrogens with two attached hydrogens (primary N) is 1. The number of hydrazone groups is 1. The van der Waals surface area contributed by atoms with Gasteiger partial charge in [-0.05, 0) is 30.7 Å². The van der Waals surface area contributed by atoms with Crippen molar-refractivity contribution in [2.45, 2.75) is 13.3 Å². The Labute approximate surface area is 178 Å². The summed E-state index contributed by atoms with van der Waals surface area (Å²) in [6.45, 7) is 1.96. The molecule has 3 aromatic carbocycles. The number of hydrogen-bond donors (Lipinski definition) is 1. The van der Waals surface area contributed by atoms with Crippen LogP contribution in [0.15, 0.2) is 77.9 Å². The fourth-order valence-electron chi connectivity index (χ4n) is 2.90. The monoisotopic (exact) mass is 417 g/mol. The van der Waals surface area contributed by atoms with Crippen molar-refractivity contribution in [3.05, 3.63) is 105 Å². The van der Waals surface area contributed by atoms with Gasteiger partial charge >= 0.3 is 5.97 Å². The third kappa shape index (κ3) is 5.39. The number of Topliss-reactive ketones (excluding diaryl/α,β-unsaturated/α-hetero) is 1. The molecule has 0 unspecified atom stereocenters. The van der Waals surface area contributed by atoms with Crippen molar-refractivity contribution in [2.24, 2.45) is 10.9 Å². The number of non-ortho nitro benzene ring substituents is 1. The van der Waals surface area contributed by atoms with Gasteiger partial charge in [0.1, 0.15) is 11.5 Å². The standard InChI is InChI=1S/C23H19N3O5/c1-15-8-10-16(11-9-15)12-21(27)22(25-24)17-4-3-7-20(14-17)31-23(28)18-5-2-6-19(13-18)26(29)30/h2-11,13-14H,12,24H2,1H3/b25-22+. The topological polar surface area (TPSA) is 125 Å². The highest BCUT2D eigenvalue weighted by atomic mass is 16.6. The SMILES string of the molecule is Cc1ccc(CC(=O)/C(=N/N)c2cccc(OC(=O)c3cccc([N+](=O)[O-])c3)c2)cc1. The van der Waals surface area contributed by atoms with E-state index in [4.69, 9.17) is 10.6 Å². The van der Waals surface area contributed by atoms with Crippen LogP contribution in [-0.2, 0) is 11.2 Å². The number of carbonyl (C=O) groups excluding carboxylic acids is 2. The number of nitrogens with zero attached hydrogens (tertiary/aromatic N) is 2. The summed E-state index contributed by atoms with van der Waals surface area (Å²) < 4.78 is 5.31. The van der Waals surface area contributed by atoms with E-state index in [1.807, 2.05) is 31.2 Å². The lowest BCUT2D eigenvalue weighted by Crippen LogP contribution is -2.20. The molecule has 0 fully saturated rings. The Balaban J connectivity index is 1.77. The zero-order chi connectivity index (χ0) is 22.4. The number of esters is 1. The summed E-state index contributed by atoms with van der Waals surface area (Å²) in [6, 6.07) is 19.0. The summed E-state index contributed by atoms with van der Waals surface area (Å²) in [4.78, 5) is 35.4. The maximum absolute atomic E-state index is 12.7. The average Bonchev–Trinajstić information content (AvgIpc) is 2.76. The first-order valence-corrected chi connectivity index (χ1v) is 9.31. The third-order valence-electron chi connectivity index (χ3n) is 4.49. The smallest absolute Gasteiger partial charge is 0.343 e. The lowest BCUT2D eigenvalue weighted by molar-refractivity contribution is -0.384. The molecule has 0 aliphatic rings. The number of benzene rings is 3. The van der Waals surface area contributed by atoms with Crippen molar-refractivity contribution in [3.8, 4) is 5.75 Å². The molecule has 0 aromatic heterocycles. The second kappa shape index (κ2) is 9.45. The van der Waals surface area contributed by atoms with Gasteiger partial charge in [-0.25, -0.2) is 4.79 Å². The summed E-state index contributed by atoms with van der Waals surface area (Å²) in [7, 11) is 0. The van der Waals surface area contributed by atoms with Crippen LogP contribution < -0.4 is 10.6 Å². The second-order valence-electron chi connectivity index (χ2n) is 6.79. The van der Waals surface area contributed by atoms with Gasteiger partial charge in [0.2, 0.25) is 0 Å². The van der Waals surface area contributed by atoms with Crippen LogP contribution in [0.2, 0.25) is 0 Å². The lowest BCUT2D eigenvalue weighted by Gasteiger charge is -2.08. The van der Waals surface area contributed by atoms with Crippen LogP contribution in [-0.4, -0.2) is 22.4 Å². The highest BCUT2D eigenvalue weighted by molar-refractivity contribution is 6.46. The number of nitro benzene ring substituents is 1. The highest BCUT2D eigenvalue weighted by Crippen LogP contribution is 2.19. The Hall–Kier alpha value is -4.33. The molecule has 0 amide bonds. The van der Waals surface area contributed by atoms with Crippen molar-refractivity contribution in [1.29, 1.82) is 0 Å².